The minimum absolute atomic E-state index is 0.100. The van der Waals surface area contributed by atoms with Crippen molar-refractivity contribution in [2.75, 3.05) is 26.4 Å². The zero-order chi connectivity index (χ0) is 58.4. The topological polar surface area (TPSA) is 388 Å². The Hall–Kier alpha value is -2.83. The summed E-state index contributed by atoms with van der Waals surface area (Å²) in [4.78, 5) is 39.6. The van der Waals surface area contributed by atoms with E-state index >= 15 is 0 Å². The summed E-state index contributed by atoms with van der Waals surface area (Å²) in [7, 11) is 0. The zero-order valence-electron chi connectivity index (χ0n) is 46.4. The van der Waals surface area contributed by atoms with Crippen molar-refractivity contribution >= 4 is 17.9 Å². The van der Waals surface area contributed by atoms with E-state index in [0.717, 1.165) is 5.57 Å². The van der Waals surface area contributed by atoms with Gasteiger partial charge in [0.2, 0.25) is 0 Å². The predicted octanol–water partition coefficient (Wildman–Crippen LogP) is -1.32. The number of carboxylic acid groups (broad SMARTS) is 1. The van der Waals surface area contributed by atoms with E-state index in [4.69, 9.17) is 37.9 Å². The van der Waals surface area contributed by atoms with Crippen LogP contribution in [-0.2, 0) is 52.3 Å². The second-order valence-electron chi connectivity index (χ2n) is 25.5. The van der Waals surface area contributed by atoms with Crippen molar-refractivity contribution in [3.8, 4) is 0 Å². The van der Waals surface area contributed by atoms with Crippen molar-refractivity contribution in [3.63, 3.8) is 0 Å². The Morgan fingerprint density at radius 1 is 0.658 bits per heavy atom. The lowest BCUT2D eigenvalue weighted by atomic mass is 9.33. The molecule has 3 heterocycles. The molecule has 0 amide bonds. The molecule has 0 spiro atoms. The van der Waals surface area contributed by atoms with Crippen LogP contribution in [0.2, 0.25) is 0 Å². The first-order valence-corrected chi connectivity index (χ1v) is 27.7. The maximum Gasteiger partial charge on any atom is 0.335 e. The molecule has 4 saturated carbocycles. The van der Waals surface area contributed by atoms with E-state index in [9.17, 15) is 80.8 Å². The van der Waals surface area contributed by atoms with Crippen LogP contribution in [0.1, 0.15) is 107 Å². The number of rotatable bonds is 14. The fourth-order valence-corrected chi connectivity index (χ4v) is 16.2. The third-order valence-electron chi connectivity index (χ3n) is 21.1. The molecule has 0 aromatic rings. The molecule has 0 unspecified atom stereocenters. The maximum atomic E-state index is 13.9. The Labute approximate surface area is 459 Å². The fraction of sp³-hybridized carbons (Fsp3) is 0.873. The number of aliphatic hydroxyl groups excluding tert-OH is 12. The summed E-state index contributed by atoms with van der Waals surface area (Å²) in [6.45, 7) is 14.1. The molecule has 7 fully saturated rings. The van der Waals surface area contributed by atoms with Gasteiger partial charge in [-0.3, -0.25) is 4.79 Å². The lowest BCUT2D eigenvalue weighted by Crippen LogP contribution is -2.72. The first-order chi connectivity index (χ1) is 36.9. The van der Waals surface area contributed by atoms with E-state index in [2.05, 4.69) is 26.8 Å². The molecule has 8 aliphatic rings. The second kappa shape index (κ2) is 22.6. The summed E-state index contributed by atoms with van der Waals surface area (Å²) < 4.78 is 48.3. The molecule has 3 aliphatic heterocycles. The number of allylic oxidation sites excluding steroid dienone is 3. The summed E-state index contributed by atoms with van der Waals surface area (Å²) in [6, 6.07) is 0. The summed E-state index contributed by atoms with van der Waals surface area (Å²) in [5.74, 6) is -3.87. The van der Waals surface area contributed by atoms with Gasteiger partial charge in [-0.1, -0.05) is 59.3 Å². The van der Waals surface area contributed by atoms with Crippen LogP contribution in [0.5, 0.6) is 0 Å². The SMILES string of the molecule is C/C=C(/C)C(=O)O[C@@H]1C[C@]2(C)C(=CC[C@@H]3[C@@]4(C)CC[C@H](O[C@@H]5O[C@H](C(=O)O)[C@H](O[C@@H]6O[C@H](CO)[C@@H](O)[C@H](O)[C@H]6O)[C@H](O)[C@H]5O[C@@H]5O[C@H](CO)[C@@H](O)[C@H](O)[C@H]5O)[C@](C)(CO)[C@@H]4CC[C@]32C)[C@@H]2CC(C)(C)[C@@H](OC(C)=O)[C@H](O)[C@]12CO. The number of hydrogen-bond donors (Lipinski definition) is 13. The third kappa shape index (κ3) is 9.94. The minimum Gasteiger partial charge on any atom is -0.479 e. The molecule has 8 rings (SSSR count). The number of aliphatic hydroxyl groups is 12. The molecule has 24 heteroatoms. The van der Waals surface area contributed by atoms with E-state index in [0.29, 0.717) is 37.7 Å². The summed E-state index contributed by atoms with van der Waals surface area (Å²) in [5.41, 5.74) is -3.85. The van der Waals surface area contributed by atoms with Gasteiger partial charge in [0.15, 0.2) is 25.0 Å². The minimum atomic E-state index is -2.18. The van der Waals surface area contributed by atoms with Crippen molar-refractivity contribution in [3.05, 3.63) is 23.3 Å². The van der Waals surface area contributed by atoms with Gasteiger partial charge in [-0.15, -0.1) is 0 Å². The van der Waals surface area contributed by atoms with E-state index in [1.54, 1.807) is 19.9 Å². The van der Waals surface area contributed by atoms with Gasteiger partial charge < -0.3 is 104 Å². The zero-order valence-corrected chi connectivity index (χ0v) is 46.4. The average molecular weight is 1130 g/mol. The molecule has 79 heavy (non-hydrogen) atoms. The normalized spacial score (nSPS) is 50.6. The molecule has 0 aromatic carbocycles. The van der Waals surface area contributed by atoms with Crippen LogP contribution >= 0.6 is 0 Å². The number of carboxylic acids is 1. The third-order valence-corrected chi connectivity index (χ3v) is 21.1. The molecular weight excluding hydrogens is 1040 g/mol. The molecular formula is C55H86O24. The Balaban J connectivity index is 1.14. The van der Waals surface area contributed by atoms with Gasteiger partial charge in [-0.2, -0.15) is 0 Å². The smallest absolute Gasteiger partial charge is 0.335 e. The van der Waals surface area contributed by atoms with Gasteiger partial charge in [0, 0.05) is 23.3 Å². The Bertz CT molecular complexity index is 2290. The van der Waals surface area contributed by atoms with Crippen molar-refractivity contribution in [1.82, 2.24) is 0 Å². The van der Waals surface area contributed by atoms with E-state index < -0.39 is 199 Å². The molecule has 450 valence electrons. The van der Waals surface area contributed by atoms with Gasteiger partial charge >= 0.3 is 17.9 Å². The van der Waals surface area contributed by atoms with Crippen molar-refractivity contribution < 1.29 is 119 Å². The number of esters is 2. The Morgan fingerprint density at radius 2 is 1.24 bits per heavy atom. The van der Waals surface area contributed by atoms with Crippen molar-refractivity contribution in [2.24, 2.45) is 50.2 Å². The standard InChI is InChI=1S/C55H86O24/c1-10-23(2)46(71)75-32-18-54(9)25(26-17-50(4,5)44(72-24(3)60)43(68)55(26,32)22-59)11-12-30-51(6)15-14-31(52(7,21-58)29(51)13-16-53(30,54)8)76-49-41(78-48-38(66)36(64)34(62)28(20-57)74-48)39(67)40(42(79-49)45(69)70)77-47-37(65)35(63)33(61)27(19-56)73-47/h10-11,26-44,47-49,56-59,61-68H,12-22H2,1-9H3,(H,69,70)/b23-10-/t26-,27+,28+,29+,30+,31-,32+,33+,34+,35-,36-,37+,38+,39-,40+,41+,42-,43-,44-,47-,48-,49+,51-,52+,53+,54+,55-/m0/s1. The Morgan fingerprint density at radius 3 is 1.76 bits per heavy atom. The van der Waals surface area contributed by atoms with Crippen LogP contribution in [-0.4, -0.2) is 227 Å². The molecule has 27 atom stereocenters. The van der Waals surface area contributed by atoms with Crippen LogP contribution in [0, 0.1) is 50.2 Å². The second-order valence-corrected chi connectivity index (χ2v) is 25.5. The number of aliphatic carboxylic acids is 1. The molecule has 24 nitrogen and oxygen atoms in total. The first kappa shape index (κ1) is 62.2. The monoisotopic (exact) mass is 1130 g/mol. The van der Waals surface area contributed by atoms with Crippen LogP contribution in [0.3, 0.4) is 0 Å². The number of carbonyl (C=O) groups excluding carboxylic acids is 2. The van der Waals surface area contributed by atoms with Crippen LogP contribution < -0.4 is 0 Å². The first-order valence-electron chi connectivity index (χ1n) is 27.7. The highest BCUT2D eigenvalue weighted by Crippen LogP contribution is 2.76. The van der Waals surface area contributed by atoms with Gasteiger partial charge in [0.1, 0.15) is 85.5 Å². The largest absolute Gasteiger partial charge is 0.479 e. The molecule has 3 saturated heterocycles. The summed E-state index contributed by atoms with van der Waals surface area (Å²) >= 11 is 0. The van der Waals surface area contributed by atoms with Crippen LogP contribution in [0.15, 0.2) is 23.3 Å². The quantitative estimate of drug-likeness (QED) is 0.0415. The van der Waals surface area contributed by atoms with Crippen LogP contribution in [0.25, 0.3) is 0 Å². The maximum absolute atomic E-state index is 13.9. The van der Waals surface area contributed by atoms with E-state index in [1.807, 2.05) is 20.8 Å². The fourth-order valence-electron chi connectivity index (χ4n) is 16.2. The summed E-state index contributed by atoms with van der Waals surface area (Å²) in [5, 5.41) is 143. The van der Waals surface area contributed by atoms with Gasteiger partial charge in [-0.25, -0.2) is 9.59 Å². The van der Waals surface area contributed by atoms with E-state index in [-0.39, 0.29) is 24.7 Å². The number of carbonyl (C=O) groups is 3. The lowest BCUT2D eigenvalue weighted by Gasteiger charge is -2.72. The number of fused-ring (bicyclic) bond motifs is 7. The highest BCUT2D eigenvalue weighted by atomic mass is 16.8. The highest BCUT2D eigenvalue weighted by Gasteiger charge is 2.74. The van der Waals surface area contributed by atoms with Crippen molar-refractivity contribution in [1.29, 1.82) is 0 Å². The number of hydrogen-bond acceptors (Lipinski definition) is 23. The van der Waals surface area contributed by atoms with Crippen molar-refractivity contribution in [2.45, 2.75) is 224 Å². The van der Waals surface area contributed by atoms with Gasteiger partial charge in [-0.05, 0) is 92.8 Å². The lowest BCUT2D eigenvalue weighted by molar-refractivity contribution is -0.392. The molecule has 5 aliphatic carbocycles. The van der Waals surface area contributed by atoms with E-state index in [1.165, 1.54) is 6.92 Å². The van der Waals surface area contributed by atoms with Gasteiger partial charge in [0.25, 0.3) is 0 Å². The summed E-state index contributed by atoms with van der Waals surface area (Å²) in [6.07, 6.45) is -26.6. The Kier molecular flexibility index (Phi) is 17.8. The highest BCUT2D eigenvalue weighted by molar-refractivity contribution is 5.87. The average Bonchev–Trinajstić information content (AvgIpc) is 3.24. The number of ether oxygens (including phenoxy) is 8. The molecule has 0 aromatic heterocycles. The van der Waals surface area contributed by atoms with Gasteiger partial charge in [0.05, 0.1) is 37.9 Å². The molecule has 13 N–H and O–H groups in total. The molecule has 0 bridgehead atoms. The van der Waals surface area contributed by atoms with Crippen LogP contribution in [0.4, 0.5) is 0 Å². The molecule has 0 radical (unpaired) electrons. The predicted molar refractivity (Wildman–Crippen MR) is 269 cm³/mol.